The molecule has 0 bridgehead atoms. The lowest BCUT2D eigenvalue weighted by atomic mass is 9.62. The van der Waals surface area contributed by atoms with Gasteiger partial charge in [-0.1, -0.05) is 45.6 Å². The summed E-state index contributed by atoms with van der Waals surface area (Å²) in [5.41, 5.74) is 4.01. The van der Waals surface area contributed by atoms with Crippen molar-refractivity contribution < 1.29 is 24.5 Å². The Hall–Kier alpha value is -2.81. The van der Waals surface area contributed by atoms with E-state index in [1.807, 2.05) is 6.07 Å². The molecule has 3 rings (SSSR count). The van der Waals surface area contributed by atoms with E-state index in [1.165, 1.54) is 23.3 Å². The molecule has 2 aromatic rings. The van der Waals surface area contributed by atoms with Crippen LogP contribution in [0.4, 0.5) is 0 Å². The Morgan fingerprint density at radius 3 is 2.44 bits per heavy atom. The second kappa shape index (κ2) is 9.36. The number of aliphatic hydroxyl groups excluding tert-OH is 1. The third-order valence-electron chi connectivity index (χ3n) is 5.88. The fourth-order valence-corrected chi connectivity index (χ4v) is 4.74. The number of aliphatic hydroxyl groups is 1. The first-order chi connectivity index (χ1) is 15.0. The van der Waals surface area contributed by atoms with Crippen LogP contribution in [0.3, 0.4) is 0 Å². The molecular weight excluding hydrogens is 404 g/mol. The van der Waals surface area contributed by atoms with Gasteiger partial charge in [-0.25, -0.2) is 4.79 Å². The minimum absolute atomic E-state index is 0.0632. The van der Waals surface area contributed by atoms with Crippen LogP contribution in [0.5, 0.6) is 5.75 Å². The summed E-state index contributed by atoms with van der Waals surface area (Å²) in [6.45, 7) is 9.95. The zero-order valence-electron chi connectivity index (χ0n) is 19.5. The Balaban J connectivity index is 1.96. The van der Waals surface area contributed by atoms with Gasteiger partial charge in [0.25, 0.3) is 0 Å². The lowest BCUT2D eigenvalue weighted by Crippen LogP contribution is -2.35. The normalized spacial score (nSPS) is 16.9. The van der Waals surface area contributed by atoms with Gasteiger partial charge in [-0.15, -0.1) is 0 Å². The molecule has 0 saturated carbocycles. The number of hydrogen-bond acceptors (Lipinski definition) is 4. The quantitative estimate of drug-likeness (QED) is 0.505. The van der Waals surface area contributed by atoms with E-state index in [-0.39, 0.29) is 16.4 Å². The first-order valence-corrected chi connectivity index (χ1v) is 10.8. The summed E-state index contributed by atoms with van der Waals surface area (Å²) in [6.07, 6.45) is 0.951. The maximum absolute atomic E-state index is 11.0. The standard InChI is InChI=1S/C27H32O5/c1-26(2)16-21-22(27(3,4)17-26)14-20(15-24(21)32-13-12-31-5)23(28)11-8-18-6-9-19(10-7-18)25(29)30/h6-7,9-10,14-15,23,28H,12-13,16-17H2,1-5H3,(H,29,30). The van der Waals surface area contributed by atoms with Crippen LogP contribution in [-0.4, -0.2) is 36.5 Å². The molecular formula is C27H32O5. The molecule has 0 radical (unpaired) electrons. The largest absolute Gasteiger partial charge is 0.491 e. The summed E-state index contributed by atoms with van der Waals surface area (Å²) in [5.74, 6) is 5.63. The molecule has 5 heteroatoms. The summed E-state index contributed by atoms with van der Waals surface area (Å²) in [5, 5.41) is 19.9. The Morgan fingerprint density at radius 1 is 1.12 bits per heavy atom. The summed E-state index contributed by atoms with van der Waals surface area (Å²) in [4.78, 5) is 11.0. The van der Waals surface area contributed by atoms with Crippen molar-refractivity contribution in [1.82, 2.24) is 0 Å². The number of carboxylic acid groups (broad SMARTS) is 1. The minimum atomic E-state index is -0.991. The molecule has 32 heavy (non-hydrogen) atoms. The maximum Gasteiger partial charge on any atom is 0.335 e. The second-order valence-corrected chi connectivity index (χ2v) is 9.84. The van der Waals surface area contributed by atoms with Gasteiger partial charge in [0.1, 0.15) is 18.5 Å². The fourth-order valence-electron chi connectivity index (χ4n) is 4.74. The number of aromatic carboxylic acids is 1. The van der Waals surface area contributed by atoms with E-state index in [0.29, 0.717) is 24.3 Å². The van der Waals surface area contributed by atoms with E-state index in [2.05, 4.69) is 45.6 Å². The van der Waals surface area contributed by atoms with Crippen molar-refractivity contribution in [2.45, 2.75) is 52.1 Å². The van der Waals surface area contributed by atoms with Gasteiger partial charge in [-0.2, -0.15) is 0 Å². The number of hydrogen-bond donors (Lipinski definition) is 2. The van der Waals surface area contributed by atoms with Gasteiger partial charge >= 0.3 is 5.97 Å². The van der Waals surface area contributed by atoms with Gasteiger partial charge in [0, 0.05) is 12.7 Å². The van der Waals surface area contributed by atoms with Crippen LogP contribution in [0, 0.1) is 17.3 Å². The van der Waals surface area contributed by atoms with Crippen molar-refractivity contribution in [2.24, 2.45) is 5.41 Å². The smallest absolute Gasteiger partial charge is 0.335 e. The monoisotopic (exact) mass is 436 g/mol. The molecule has 2 aromatic carbocycles. The molecule has 1 unspecified atom stereocenters. The predicted molar refractivity (Wildman–Crippen MR) is 124 cm³/mol. The van der Waals surface area contributed by atoms with Crippen LogP contribution in [0.25, 0.3) is 0 Å². The van der Waals surface area contributed by atoms with Crippen LogP contribution >= 0.6 is 0 Å². The van der Waals surface area contributed by atoms with Crippen molar-refractivity contribution >= 4 is 5.97 Å². The molecule has 1 atom stereocenters. The van der Waals surface area contributed by atoms with Gasteiger partial charge in [-0.3, -0.25) is 0 Å². The molecule has 2 N–H and O–H groups in total. The Labute approximate surface area is 190 Å². The van der Waals surface area contributed by atoms with E-state index in [4.69, 9.17) is 14.6 Å². The van der Waals surface area contributed by atoms with Gasteiger partial charge < -0.3 is 19.7 Å². The van der Waals surface area contributed by atoms with Gasteiger partial charge in [0.05, 0.1) is 12.2 Å². The Kier molecular flexibility index (Phi) is 6.97. The van der Waals surface area contributed by atoms with Crippen molar-refractivity contribution in [3.8, 4) is 17.6 Å². The molecule has 0 amide bonds. The third kappa shape index (κ3) is 5.51. The fraction of sp³-hybridized carbons (Fsp3) is 0.444. The van der Waals surface area contributed by atoms with E-state index in [0.717, 1.165) is 18.6 Å². The zero-order valence-corrected chi connectivity index (χ0v) is 19.5. The van der Waals surface area contributed by atoms with Crippen molar-refractivity contribution in [2.75, 3.05) is 20.3 Å². The third-order valence-corrected chi connectivity index (χ3v) is 5.88. The van der Waals surface area contributed by atoms with Crippen LogP contribution in [0.15, 0.2) is 36.4 Å². The highest BCUT2D eigenvalue weighted by atomic mass is 16.5. The Morgan fingerprint density at radius 2 is 1.81 bits per heavy atom. The van der Waals surface area contributed by atoms with E-state index in [9.17, 15) is 9.90 Å². The van der Waals surface area contributed by atoms with Crippen molar-refractivity contribution in [3.05, 3.63) is 64.2 Å². The number of methoxy groups -OCH3 is 1. The average Bonchev–Trinajstić information content (AvgIpc) is 2.71. The van der Waals surface area contributed by atoms with Crippen LogP contribution in [0.2, 0.25) is 0 Å². The predicted octanol–water partition coefficient (Wildman–Crippen LogP) is 4.75. The second-order valence-electron chi connectivity index (χ2n) is 9.84. The molecule has 0 aliphatic heterocycles. The lowest BCUT2D eigenvalue weighted by molar-refractivity contribution is 0.0697. The number of fused-ring (bicyclic) bond motifs is 1. The first kappa shape index (κ1) is 23.8. The lowest BCUT2D eigenvalue weighted by Gasteiger charge is -2.43. The highest BCUT2D eigenvalue weighted by molar-refractivity contribution is 5.87. The molecule has 0 aromatic heterocycles. The summed E-state index contributed by atoms with van der Waals surface area (Å²) in [7, 11) is 1.64. The van der Waals surface area contributed by atoms with Gasteiger partial charge in [-0.05, 0) is 70.7 Å². The molecule has 170 valence electrons. The molecule has 0 saturated heterocycles. The number of ether oxygens (including phenoxy) is 2. The molecule has 0 spiro atoms. The summed E-state index contributed by atoms with van der Waals surface area (Å²) >= 11 is 0. The highest BCUT2D eigenvalue weighted by Gasteiger charge is 2.39. The summed E-state index contributed by atoms with van der Waals surface area (Å²) < 4.78 is 11.2. The average molecular weight is 437 g/mol. The number of carbonyl (C=O) groups is 1. The van der Waals surface area contributed by atoms with Crippen LogP contribution < -0.4 is 4.74 Å². The SMILES string of the molecule is COCCOc1cc(C(O)C#Cc2ccc(C(=O)O)cc2)cc2c1CC(C)(C)CC2(C)C. The number of benzene rings is 2. The van der Waals surface area contributed by atoms with Crippen LogP contribution in [-0.2, 0) is 16.6 Å². The topological polar surface area (TPSA) is 76.0 Å². The number of rotatable bonds is 6. The molecule has 5 nitrogen and oxygen atoms in total. The molecule has 0 fully saturated rings. The minimum Gasteiger partial charge on any atom is -0.491 e. The van der Waals surface area contributed by atoms with Crippen LogP contribution in [0.1, 0.15) is 72.8 Å². The molecule has 1 aliphatic rings. The van der Waals surface area contributed by atoms with E-state index < -0.39 is 12.1 Å². The molecule has 1 aliphatic carbocycles. The highest BCUT2D eigenvalue weighted by Crippen LogP contribution is 2.49. The van der Waals surface area contributed by atoms with Crippen molar-refractivity contribution in [1.29, 1.82) is 0 Å². The zero-order chi connectivity index (χ0) is 23.5. The molecule has 0 heterocycles. The first-order valence-electron chi connectivity index (χ1n) is 10.8. The van der Waals surface area contributed by atoms with Gasteiger partial charge in [0.2, 0.25) is 0 Å². The Bertz CT molecular complexity index is 1040. The summed E-state index contributed by atoms with van der Waals surface area (Å²) in [6, 6.07) is 10.2. The van der Waals surface area contributed by atoms with Gasteiger partial charge in [0.15, 0.2) is 0 Å². The van der Waals surface area contributed by atoms with E-state index in [1.54, 1.807) is 19.2 Å². The van der Waals surface area contributed by atoms with Crippen molar-refractivity contribution in [3.63, 3.8) is 0 Å². The van der Waals surface area contributed by atoms with E-state index >= 15 is 0 Å². The maximum atomic E-state index is 11.0. The number of carboxylic acids is 1.